The fourth-order valence-corrected chi connectivity index (χ4v) is 3.97. The molecule has 0 aliphatic carbocycles. The molecule has 4 heterocycles. The largest absolute Gasteiger partial charge is 0.488 e. The molecule has 1 aromatic carbocycles. The molecule has 168 valence electrons. The molecule has 5 rings (SSSR count). The van der Waals surface area contributed by atoms with Gasteiger partial charge in [-0.1, -0.05) is 17.7 Å². The van der Waals surface area contributed by atoms with E-state index in [0.717, 1.165) is 18.9 Å². The van der Waals surface area contributed by atoms with Crippen molar-refractivity contribution in [2.24, 2.45) is 4.99 Å². The van der Waals surface area contributed by atoms with E-state index in [2.05, 4.69) is 9.88 Å². The summed E-state index contributed by atoms with van der Waals surface area (Å²) < 4.78 is 24.5. The molecule has 2 aliphatic rings. The van der Waals surface area contributed by atoms with Crippen molar-refractivity contribution in [3.05, 3.63) is 65.1 Å². The van der Waals surface area contributed by atoms with Gasteiger partial charge < -0.3 is 14.4 Å². The molecule has 0 saturated carbocycles. The van der Waals surface area contributed by atoms with Crippen LogP contribution in [0.15, 0.2) is 53.7 Å². The number of anilines is 1. The Labute approximate surface area is 194 Å². The maximum atomic E-state index is 13.4. The summed E-state index contributed by atoms with van der Waals surface area (Å²) in [6.07, 6.45) is 1.74. The lowest BCUT2D eigenvalue weighted by Crippen LogP contribution is -2.36. The Morgan fingerprint density at radius 2 is 2.00 bits per heavy atom. The zero-order valence-corrected chi connectivity index (χ0v) is 18.4. The second-order valence-electron chi connectivity index (χ2n) is 7.68. The number of rotatable bonds is 5. The molecule has 1 fully saturated rings. The highest BCUT2D eigenvalue weighted by atomic mass is 35.5. The number of hydrogen-bond acceptors (Lipinski definition) is 7. The van der Waals surface area contributed by atoms with E-state index in [0.29, 0.717) is 47.3 Å². The van der Waals surface area contributed by atoms with Gasteiger partial charge in [-0.15, -0.1) is 0 Å². The van der Waals surface area contributed by atoms with Crippen molar-refractivity contribution in [1.29, 1.82) is 0 Å². The van der Waals surface area contributed by atoms with Crippen LogP contribution in [0, 0.1) is 5.82 Å². The van der Waals surface area contributed by atoms with Crippen LogP contribution in [0.1, 0.15) is 16.8 Å². The second kappa shape index (κ2) is 9.25. The van der Waals surface area contributed by atoms with Gasteiger partial charge in [-0.3, -0.25) is 14.8 Å². The van der Waals surface area contributed by atoms with Crippen LogP contribution < -0.4 is 9.64 Å². The minimum Gasteiger partial charge on any atom is -0.488 e. The molecule has 0 bridgehead atoms. The molecule has 1 saturated heterocycles. The number of hydrogen-bond donors (Lipinski definition) is 0. The molecule has 0 spiro atoms. The Hall–Kier alpha value is -3.36. The Bertz CT molecular complexity index is 1240. The van der Waals surface area contributed by atoms with E-state index in [4.69, 9.17) is 31.1 Å². The van der Waals surface area contributed by atoms with Crippen LogP contribution in [0.3, 0.4) is 0 Å². The molecule has 3 aromatic rings. The highest BCUT2D eigenvalue weighted by Crippen LogP contribution is 2.35. The van der Waals surface area contributed by atoms with Crippen LogP contribution in [-0.2, 0) is 4.74 Å². The van der Waals surface area contributed by atoms with Crippen LogP contribution in [0.25, 0.3) is 11.4 Å². The van der Waals surface area contributed by atoms with Crippen molar-refractivity contribution >= 4 is 34.6 Å². The van der Waals surface area contributed by atoms with Crippen LogP contribution in [-0.4, -0.2) is 54.4 Å². The number of ketones is 1. The monoisotopic (exact) mass is 466 g/mol. The number of carbonyl (C=O) groups is 1. The number of benzene rings is 1. The fourth-order valence-electron chi connectivity index (χ4n) is 3.80. The molecule has 7 nitrogen and oxygen atoms in total. The topological polar surface area (TPSA) is 76.9 Å². The molecule has 33 heavy (non-hydrogen) atoms. The highest BCUT2D eigenvalue weighted by Gasteiger charge is 2.25. The molecular weight excluding hydrogens is 447 g/mol. The molecular formula is C24H20ClFN4O3. The number of pyridine rings is 2. The highest BCUT2D eigenvalue weighted by molar-refractivity contribution is 6.30. The predicted octanol–water partition coefficient (Wildman–Crippen LogP) is 4.51. The van der Waals surface area contributed by atoms with E-state index >= 15 is 0 Å². The number of aromatic nitrogens is 2. The van der Waals surface area contributed by atoms with Gasteiger partial charge in [-0.25, -0.2) is 9.37 Å². The molecule has 0 atom stereocenters. The van der Waals surface area contributed by atoms with Gasteiger partial charge in [-0.2, -0.15) is 0 Å². The maximum absolute atomic E-state index is 13.4. The Morgan fingerprint density at radius 3 is 2.82 bits per heavy atom. The van der Waals surface area contributed by atoms with E-state index in [1.165, 1.54) is 18.2 Å². The lowest BCUT2D eigenvalue weighted by Gasteiger charge is -2.28. The fraction of sp³-hybridized carbons (Fsp3) is 0.250. The average Bonchev–Trinajstić information content (AvgIpc) is 2.85. The van der Waals surface area contributed by atoms with Gasteiger partial charge in [0.2, 0.25) is 0 Å². The first-order valence-electron chi connectivity index (χ1n) is 10.5. The van der Waals surface area contributed by atoms with Crippen molar-refractivity contribution in [3.63, 3.8) is 0 Å². The molecule has 0 N–H and O–H groups in total. The molecule has 2 aliphatic heterocycles. The van der Waals surface area contributed by atoms with Gasteiger partial charge in [0.25, 0.3) is 0 Å². The van der Waals surface area contributed by atoms with Crippen LogP contribution in [0.2, 0.25) is 5.02 Å². The van der Waals surface area contributed by atoms with E-state index < -0.39 is 5.82 Å². The first-order chi connectivity index (χ1) is 16.1. The first kappa shape index (κ1) is 21.5. The lowest BCUT2D eigenvalue weighted by molar-refractivity contribution is 0.0998. The molecule has 0 unspecified atom stereocenters. The Kier molecular flexibility index (Phi) is 6.02. The number of Topliss-reactive ketones (excluding diaryl/α,β-unsaturated/α-hetero) is 1. The van der Waals surface area contributed by atoms with Gasteiger partial charge in [0, 0.05) is 30.9 Å². The molecule has 9 heteroatoms. The predicted molar refractivity (Wildman–Crippen MR) is 123 cm³/mol. The van der Waals surface area contributed by atoms with Crippen LogP contribution in [0.4, 0.5) is 15.9 Å². The summed E-state index contributed by atoms with van der Waals surface area (Å²) in [6, 6.07) is 11.5. The number of aliphatic imine (C=N–C) groups is 1. The van der Waals surface area contributed by atoms with Crippen LogP contribution >= 0.6 is 11.6 Å². The van der Waals surface area contributed by atoms with E-state index in [-0.39, 0.29) is 23.8 Å². The summed E-state index contributed by atoms with van der Waals surface area (Å²) in [6.45, 7) is 2.92. The van der Waals surface area contributed by atoms with E-state index in [1.54, 1.807) is 12.3 Å². The third-order valence-corrected chi connectivity index (χ3v) is 5.76. The third kappa shape index (κ3) is 4.58. The number of carbonyl (C=O) groups excluding carboxylic acids is 1. The quantitative estimate of drug-likeness (QED) is 0.550. The minimum atomic E-state index is -0.523. The summed E-state index contributed by atoms with van der Waals surface area (Å²) in [5, 5.41) is -0.0304. The van der Waals surface area contributed by atoms with Crippen molar-refractivity contribution in [1.82, 2.24) is 9.97 Å². The standard InChI is InChI=1S/C24H20ClFN4O3/c25-18-13-16(4-5-19(18)26)33-14-15-12-21(31)17-6-7-27-24(23(17)28-15)20-2-1-3-22(29-20)30-8-10-32-11-9-30/h1-7,13H,8-12,14H2. The minimum absolute atomic E-state index is 0.0304. The summed E-state index contributed by atoms with van der Waals surface area (Å²) in [5.41, 5.74) is 2.72. The van der Waals surface area contributed by atoms with E-state index in [9.17, 15) is 9.18 Å². The van der Waals surface area contributed by atoms with Gasteiger partial charge in [0.1, 0.15) is 35.4 Å². The van der Waals surface area contributed by atoms with Gasteiger partial charge in [0.15, 0.2) is 5.78 Å². The van der Waals surface area contributed by atoms with Crippen molar-refractivity contribution in [2.45, 2.75) is 6.42 Å². The summed E-state index contributed by atoms with van der Waals surface area (Å²) in [7, 11) is 0. The van der Waals surface area contributed by atoms with Gasteiger partial charge >= 0.3 is 0 Å². The first-order valence-corrected chi connectivity index (χ1v) is 10.9. The van der Waals surface area contributed by atoms with Crippen molar-refractivity contribution in [3.8, 4) is 17.1 Å². The number of fused-ring (bicyclic) bond motifs is 1. The number of halogens is 2. The molecule has 0 amide bonds. The van der Waals surface area contributed by atoms with Gasteiger partial charge in [0.05, 0.1) is 36.1 Å². The average molecular weight is 467 g/mol. The SMILES string of the molecule is O=C1CC(COc2ccc(F)c(Cl)c2)=Nc2c1ccnc2-c1cccc(N2CCOCC2)n1. The second-order valence-corrected chi connectivity index (χ2v) is 8.09. The van der Waals surface area contributed by atoms with Crippen molar-refractivity contribution < 1.29 is 18.7 Å². The van der Waals surface area contributed by atoms with Crippen LogP contribution in [0.5, 0.6) is 5.75 Å². The molecule has 0 radical (unpaired) electrons. The third-order valence-electron chi connectivity index (χ3n) is 5.47. The Balaban J connectivity index is 1.44. The number of nitrogens with zero attached hydrogens (tertiary/aromatic N) is 4. The smallest absolute Gasteiger partial charge is 0.170 e. The maximum Gasteiger partial charge on any atom is 0.170 e. The van der Waals surface area contributed by atoms with E-state index in [1.807, 2.05) is 18.2 Å². The zero-order valence-electron chi connectivity index (χ0n) is 17.6. The van der Waals surface area contributed by atoms with Gasteiger partial charge in [-0.05, 0) is 30.3 Å². The summed E-state index contributed by atoms with van der Waals surface area (Å²) in [5.74, 6) is 0.640. The summed E-state index contributed by atoms with van der Waals surface area (Å²) in [4.78, 5) is 29.0. The Morgan fingerprint density at radius 1 is 1.15 bits per heavy atom. The zero-order chi connectivity index (χ0) is 22.8. The lowest BCUT2D eigenvalue weighted by atomic mass is 9.99. The summed E-state index contributed by atoms with van der Waals surface area (Å²) >= 11 is 5.82. The number of ether oxygens (including phenoxy) is 2. The molecule has 2 aromatic heterocycles. The van der Waals surface area contributed by atoms with Crippen molar-refractivity contribution in [2.75, 3.05) is 37.8 Å². The normalized spacial score (nSPS) is 15.8. The number of morpholine rings is 1.